The van der Waals surface area contributed by atoms with E-state index in [4.69, 9.17) is 9.47 Å². The first-order chi connectivity index (χ1) is 13.7. The molecule has 3 heterocycles. The van der Waals surface area contributed by atoms with Crippen molar-refractivity contribution >= 4 is 17.7 Å². The molecule has 2 aromatic rings. The average Bonchev–Trinajstić information content (AvgIpc) is 3.36. The fourth-order valence-corrected chi connectivity index (χ4v) is 3.41. The molecule has 1 amide bonds. The van der Waals surface area contributed by atoms with Crippen LogP contribution in [0.15, 0.2) is 24.3 Å². The third kappa shape index (κ3) is 4.44. The van der Waals surface area contributed by atoms with E-state index in [-0.39, 0.29) is 12.7 Å². The number of benzene rings is 1. The predicted octanol–water partition coefficient (Wildman–Crippen LogP) is 1.88. The van der Waals surface area contributed by atoms with Gasteiger partial charge in [0.15, 0.2) is 11.5 Å². The molecule has 1 saturated heterocycles. The van der Waals surface area contributed by atoms with Crippen molar-refractivity contribution in [3.63, 3.8) is 0 Å². The van der Waals surface area contributed by atoms with Crippen molar-refractivity contribution in [3.8, 4) is 11.5 Å². The number of nitrogens with one attached hydrogen (secondary N) is 2. The summed E-state index contributed by atoms with van der Waals surface area (Å²) in [6.07, 6.45) is 2.72. The number of nitrogens with zero attached hydrogens (tertiary/aromatic N) is 3. The molecule has 8 heteroatoms. The van der Waals surface area contributed by atoms with Gasteiger partial charge in [-0.25, -0.2) is 4.98 Å². The number of rotatable bonds is 7. The SMILES string of the molecule is Cc1cc(N2CCCC2)nc(NCCNC(=O)Cc2ccc3c(c2)OCO3)n1. The minimum absolute atomic E-state index is 0.0384. The van der Waals surface area contributed by atoms with E-state index in [0.29, 0.717) is 31.2 Å². The van der Waals surface area contributed by atoms with E-state index in [1.807, 2.05) is 31.2 Å². The average molecular weight is 383 g/mol. The topological polar surface area (TPSA) is 88.6 Å². The fraction of sp³-hybridized carbons (Fsp3) is 0.450. The van der Waals surface area contributed by atoms with Crippen LogP contribution in [0.4, 0.5) is 11.8 Å². The summed E-state index contributed by atoms with van der Waals surface area (Å²) in [5.41, 5.74) is 1.83. The standard InChI is InChI=1S/C20H25N5O3/c1-14-10-18(25-8-2-3-9-25)24-20(23-14)22-7-6-21-19(26)12-15-4-5-16-17(11-15)28-13-27-16/h4-5,10-11H,2-3,6-9,12-13H2,1H3,(H,21,26)(H,22,23,24). The lowest BCUT2D eigenvalue weighted by molar-refractivity contribution is -0.120. The van der Waals surface area contributed by atoms with Gasteiger partial charge in [0.1, 0.15) is 5.82 Å². The lowest BCUT2D eigenvalue weighted by Gasteiger charge is -2.17. The third-order valence-electron chi connectivity index (χ3n) is 4.80. The van der Waals surface area contributed by atoms with E-state index in [9.17, 15) is 4.79 Å². The van der Waals surface area contributed by atoms with Crippen molar-refractivity contribution < 1.29 is 14.3 Å². The van der Waals surface area contributed by atoms with Crippen molar-refractivity contribution in [1.29, 1.82) is 0 Å². The molecular formula is C20H25N5O3. The van der Waals surface area contributed by atoms with Gasteiger partial charge in [-0.1, -0.05) is 6.07 Å². The van der Waals surface area contributed by atoms with Gasteiger partial charge in [0.25, 0.3) is 0 Å². The van der Waals surface area contributed by atoms with Crippen LogP contribution in [0.25, 0.3) is 0 Å². The zero-order chi connectivity index (χ0) is 19.3. The molecule has 0 bridgehead atoms. The highest BCUT2D eigenvalue weighted by Gasteiger charge is 2.16. The van der Waals surface area contributed by atoms with Gasteiger partial charge in [0.2, 0.25) is 18.6 Å². The number of fused-ring (bicyclic) bond motifs is 1. The largest absolute Gasteiger partial charge is 0.454 e. The van der Waals surface area contributed by atoms with E-state index in [0.717, 1.165) is 35.9 Å². The van der Waals surface area contributed by atoms with E-state index in [2.05, 4.69) is 25.5 Å². The summed E-state index contributed by atoms with van der Waals surface area (Å²) in [6.45, 7) is 5.36. The summed E-state index contributed by atoms with van der Waals surface area (Å²) in [4.78, 5) is 23.5. The van der Waals surface area contributed by atoms with Gasteiger partial charge in [0, 0.05) is 37.9 Å². The Morgan fingerprint density at radius 3 is 2.79 bits per heavy atom. The van der Waals surface area contributed by atoms with Crippen LogP contribution < -0.4 is 25.0 Å². The first kappa shape index (κ1) is 18.3. The number of anilines is 2. The Kier molecular flexibility index (Phi) is 5.45. The van der Waals surface area contributed by atoms with Gasteiger partial charge < -0.3 is 25.0 Å². The van der Waals surface area contributed by atoms with E-state index in [1.165, 1.54) is 12.8 Å². The van der Waals surface area contributed by atoms with E-state index < -0.39 is 0 Å². The van der Waals surface area contributed by atoms with Crippen molar-refractivity contribution in [2.24, 2.45) is 0 Å². The molecule has 0 saturated carbocycles. The zero-order valence-electron chi connectivity index (χ0n) is 16.0. The van der Waals surface area contributed by atoms with E-state index in [1.54, 1.807) is 0 Å². The van der Waals surface area contributed by atoms with Gasteiger partial charge in [0.05, 0.1) is 6.42 Å². The lowest BCUT2D eigenvalue weighted by Crippen LogP contribution is -2.30. The Morgan fingerprint density at radius 2 is 1.93 bits per heavy atom. The number of hydrogen-bond acceptors (Lipinski definition) is 7. The van der Waals surface area contributed by atoms with Crippen LogP contribution >= 0.6 is 0 Å². The summed E-state index contributed by atoms with van der Waals surface area (Å²) in [7, 11) is 0. The molecule has 0 spiro atoms. The number of ether oxygens (including phenoxy) is 2. The maximum Gasteiger partial charge on any atom is 0.231 e. The van der Waals surface area contributed by atoms with Gasteiger partial charge >= 0.3 is 0 Å². The highest BCUT2D eigenvalue weighted by atomic mass is 16.7. The molecular weight excluding hydrogens is 358 g/mol. The summed E-state index contributed by atoms with van der Waals surface area (Å²) in [5.74, 6) is 2.95. The quantitative estimate of drug-likeness (QED) is 0.706. The lowest BCUT2D eigenvalue weighted by atomic mass is 10.1. The van der Waals surface area contributed by atoms with Gasteiger partial charge in [-0.3, -0.25) is 4.79 Å². The molecule has 2 aliphatic heterocycles. The van der Waals surface area contributed by atoms with E-state index >= 15 is 0 Å². The Morgan fingerprint density at radius 1 is 1.11 bits per heavy atom. The van der Waals surface area contributed by atoms with Gasteiger partial charge in [-0.05, 0) is 37.5 Å². The third-order valence-corrected chi connectivity index (χ3v) is 4.80. The Labute approximate surface area is 164 Å². The molecule has 0 unspecified atom stereocenters. The summed E-state index contributed by atoms with van der Waals surface area (Å²) in [6, 6.07) is 7.58. The molecule has 1 aromatic carbocycles. The molecule has 2 N–H and O–H groups in total. The molecule has 1 fully saturated rings. The maximum atomic E-state index is 12.2. The van der Waals surface area contributed by atoms with Crippen LogP contribution in [0.5, 0.6) is 11.5 Å². The molecule has 148 valence electrons. The van der Waals surface area contributed by atoms with Crippen LogP contribution in [0.2, 0.25) is 0 Å². The number of amides is 1. The molecule has 0 atom stereocenters. The number of carbonyl (C=O) groups excluding carboxylic acids is 1. The second kappa shape index (κ2) is 8.33. The van der Waals surface area contributed by atoms with Crippen molar-refractivity contribution in [1.82, 2.24) is 15.3 Å². The van der Waals surface area contributed by atoms with Crippen LogP contribution in [0.1, 0.15) is 24.1 Å². The molecule has 0 aliphatic carbocycles. The highest BCUT2D eigenvalue weighted by Crippen LogP contribution is 2.32. The molecule has 28 heavy (non-hydrogen) atoms. The van der Waals surface area contributed by atoms with Crippen LogP contribution in [0, 0.1) is 6.92 Å². The summed E-state index contributed by atoms with van der Waals surface area (Å²) in [5, 5.41) is 6.12. The molecule has 8 nitrogen and oxygen atoms in total. The predicted molar refractivity (Wildman–Crippen MR) is 106 cm³/mol. The first-order valence-corrected chi connectivity index (χ1v) is 9.67. The van der Waals surface area contributed by atoms with Crippen LogP contribution in [-0.2, 0) is 11.2 Å². The Hall–Kier alpha value is -3.03. The number of aryl methyl sites for hydroxylation is 1. The number of hydrogen-bond donors (Lipinski definition) is 2. The smallest absolute Gasteiger partial charge is 0.231 e. The van der Waals surface area contributed by atoms with Crippen LogP contribution in [-0.4, -0.2) is 48.8 Å². The fourth-order valence-electron chi connectivity index (χ4n) is 3.41. The maximum absolute atomic E-state index is 12.2. The minimum atomic E-state index is -0.0384. The number of aromatic nitrogens is 2. The zero-order valence-corrected chi connectivity index (χ0v) is 16.0. The normalized spacial score (nSPS) is 15.0. The second-order valence-corrected chi connectivity index (χ2v) is 7.03. The second-order valence-electron chi connectivity index (χ2n) is 7.03. The summed E-state index contributed by atoms with van der Waals surface area (Å²) < 4.78 is 10.6. The monoisotopic (exact) mass is 383 g/mol. The van der Waals surface area contributed by atoms with Crippen molar-refractivity contribution in [2.45, 2.75) is 26.2 Å². The van der Waals surface area contributed by atoms with Crippen LogP contribution in [0.3, 0.4) is 0 Å². The van der Waals surface area contributed by atoms with Crippen molar-refractivity contribution in [3.05, 3.63) is 35.5 Å². The molecule has 2 aliphatic rings. The Balaban J connectivity index is 1.23. The summed E-state index contributed by atoms with van der Waals surface area (Å²) >= 11 is 0. The van der Waals surface area contributed by atoms with Gasteiger partial charge in [-0.2, -0.15) is 4.98 Å². The number of carbonyl (C=O) groups is 1. The molecule has 4 rings (SSSR count). The molecule has 0 radical (unpaired) electrons. The minimum Gasteiger partial charge on any atom is -0.454 e. The molecule has 1 aromatic heterocycles. The first-order valence-electron chi connectivity index (χ1n) is 9.67. The van der Waals surface area contributed by atoms with Crippen molar-refractivity contribution in [2.75, 3.05) is 43.2 Å². The Bertz CT molecular complexity index is 852. The van der Waals surface area contributed by atoms with Gasteiger partial charge in [-0.15, -0.1) is 0 Å². The highest BCUT2D eigenvalue weighted by molar-refractivity contribution is 5.78.